The number of hydrogen-bond donors (Lipinski definition) is 1. The van der Waals surface area contributed by atoms with Gasteiger partial charge in [-0.05, 0) is 41.8 Å². The Bertz CT molecular complexity index is 933. The van der Waals surface area contributed by atoms with Gasteiger partial charge >= 0.3 is 0 Å². The van der Waals surface area contributed by atoms with E-state index in [2.05, 4.69) is 34.6 Å². The predicted molar refractivity (Wildman–Crippen MR) is 107 cm³/mol. The molecule has 0 aliphatic carbocycles. The fraction of sp³-hybridized carbons (Fsp3) is 0.263. The third-order valence-corrected chi connectivity index (χ3v) is 4.56. The van der Waals surface area contributed by atoms with E-state index in [1.165, 1.54) is 10.4 Å². The summed E-state index contributed by atoms with van der Waals surface area (Å²) in [5, 5.41) is 16.0. The van der Waals surface area contributed by atoms with Gasteiger partial charge in [0, 0.05) is 21.3 Å². The molecule has 1 N–H and O–H groups in total. The Morgan fingerprint density at radius 3 is 2.26 bits per heavy atom. The number of rotatable bonds is 5. The molecule has 1 amide bonds. The fourth-order valence-corrected chi connectivity index (χ4v) is 3.03. The van der Waals surface area contributed by atoms with Crippen molar-refractivity contribution in [2.75, 3.05) is 5.32 Å². The van der Waals surface area contributed by atoms with Gasteiger partial charge in [-0.15, -0.1) is 10.2 Å². The maximum atomic E-state index is 12.5. The Labute approximate surface area is 167 Å². The molecule has 3 aromatic rings. The summed E-state index contributed by atoms with van der Waals surface area (Å²) >= 11 is 11.9. The highest BCUT2D eigenvalue weighted by Gasteiger charge is 2.19. The molecule has 27 heavy (non-hydrogen) atoms. The first-order valence-corrected chi connectivity index (χ1v) is 9.26. The smallest absolute Gasteiger partial charge is 0.250 e. The van der Waals surface area contributed by atoms with Crippen molar-refractivity contribution in [2.24, 2.45) is 0 Å². The average Bonchev–Trinajstić information content (AvgIpc) is 3.10. The zero-order valence-corrected chi connectivity index (χ0v) is 16.7. The molecule has 0 radical (unpaired) electrons. The van der Waals surface area contributed by atoms with E-state index in [0.29, 0.717) is 27.5 Å². The van der Waals surface area contributed by atoms with E-state index in [4.69, 9.17) is 23.2 Å². The molecule has 0 bridgehead atoms. The predicted octanol–water partition coefficient (Wildman–Crippen LogP) is 4.97. The normalized spacial score (nSPS) is 12.2. The van der Waals surface area contributed by atoms with E-state index in [9.17, 15) is 4.79 Å². The second-order valence-electron chi connectivity index (χ2n) is 6.53. The molecule has 6 nitrogen and oxygen atoms in total. The number of amides is 1. The first kappa shape index (κ1) is 19.3. The largest absolute Gasteiger partial charge is 0.324 e. The van der Waals surface area contributed by atoms with Gasteiger partial charge in [0.25, 0.3) is 5.91 Å². The van der Waals surface area contributed by atoms with E-state index in [1.807, 2.05) is 24.3 Å². The minimum Gasteiger partial charge on any atom is -0.324 e. The van der Waals surface area contributed by atoms with Gasteiger partial charge in [-0.1, -0.05) is 61.3 Å². The Kier molecular flexibility index (Phi) is 5.77. The standard InChI is InChI=1S/C19H19Cl2N5O/c1-11(2)13-4-6-14(7-5-13)18-23-25-26(24-18)12(3)19(27)22-17-9-15(20)8-16(21)10-17/h4-12H,1-3H3,(H,22,27)/t12-/m0/s1. The Hall–Kier alpha value is -2.44. The van der Waals surface area contributed by atoms with Gasteiger partial charge in [0.2, 0.25) is 5.82 Å². The Morgan fingerprint density at radius 1 is 1.04 bits per heavy atom. The van der Waals surface area contributed by atoms with Crippen LogP contribution in [0.2, 0.25) is 10.0 Å². The number of carbonyl (C=O) groups excluding carboxylic acids is 1. The second kappa shape index (κ2) is 8.06. The highest BCUT2D eigenvalue weighted by molar-refractivity contribution is 6.35. The number of aromatic nitrogens is 4. The van der Waals surface area contributed by atoms with Crippen LogP contribution in [0.1, 0.15) is 38.3 Å². The van der Waals surface area contributed by atoms with Gasteiger partial charge < -0.3 is 5.32 Å². The van der Waals surface area contributed by atoms with E-state index >= 15 is 0 Å². The highest BCUT2D eigenvalue weighted by atomic mass is 35.5. The van der Waals surface area contributed by atoms with E-state index in [-0.39, 0.29) is 5.91 Å². The molecule has 2 aromatic carbocycles. The summed E-state index contributed by atoms with van der Waals surface area (Å²) in [6.45, 7) is 5.96. The summed E-state index contributed by atoms with van der Waals surface area (Å²) in [6.07, 6.45) is 0. The summed E-state index contributed by atoms with van der Waals surface area (Å²) in [7, 11) is 0. The van der Waals surface area contributed by atoms with Crippen LogP contribution in [-0.4, -0.2) is 26.1 Å². The molecule has 0 saturated heterocycles. The molecule has 3 rings (SSSR count). The minimum atomic E-state index is -0.654. The third-order valence-electron chi connectivity index (χ3n) is 4.12. The average molecular weight is 404 g/mol. The SMILES string of the molecule is CC(C)c1ccc(-c2nnn([C@@H](C)C(=O)Nc3cc(Cl)cc(Cl)c3)n2)cc1. The van der Waals surface area contributed by atoms with Crippen molar-refractivity contribution < 1.29 is 4.79 Å². The molecule has 140 valence electrons. The maximum absolute atomic E-state index is 12.5. The molecule has 0 fully saturated rings. The monoisotopic (exact) mass is 403 g/mol. The quantitative estimate of drug-likeness (QED) is 0.652. The Balaban J connectivity index is 1.73. The van der Waals surface area contributed by atoms with Gasteiger partial charge in [0.05, 0.1) is 0 Å². The number of nitrogens with one attached hydrogen (secondary N) is 1. The minimum absolute atomic E-state index is 0.299. The summed E-state index contributed by atoms with van der Waals surface area (Å²) < 4.78 is 0. The van der Waals surface area contributed by atoms with Crippen LogP contribution in [0.5, 0.6) is 0 Å². The topological polar surface area (TPSA) is 72.7 Å². The Morgan fingerprint density at radius 2 is 1.67 bits per heavy atom. The fourth-order valence-electron chi connectivity index (χ4n) is 2.50. The van der Waals surface area contributed by atoms with E-state index in [1.54, 1.807) is 25.1 Å². The van der Waals surface area contributed by atoms with Gasteiger partial charge in [0.1, 0.15) is 6.04 Å². The maximum Gasteiger partial charge on any atom is 0.250 e. The molecular weight excluding hydrogens is 385 g/mol. The van der Waals surface area contributed by atoms with Crippen molar-refractivity contribution in [1.82, 2.24) is 20.2 Å². The second-order valence-corrected chi connectivity index (χ2v) is 7.41. The van der Waals surface area contributed by atoms with Crippen LogP contribution in [-0.2, 0) is 4.79 Å². The molecule has 0 unspecified atom stereocenters. The molecule has 1 atom stereocenters. The number of halogens is 2. The number of tetrazole rings is 1. The molecule has 0 spiro atoms. The molecule has 0 saturated carbocycles. The number of nitrogens with zero attached hydrogens (tertiary/aromatic N) is 4. The van der Waals surface area contributed by atoms with Gasteiger partial charge in [-0.3, -0.25) is 4.79 Å². The first-order valence-electron chi connectivity index (χ1n) is 8.50. The zero-order valence-electron chi connectivity index (χ0n) is 15.1. The van der Waals surface area contributed by atoms with Gasteiger partial charge in [0.15, 0.2) is 0 Å². The van der Waals surface area contributed by atoms with Crippen LogP contribution in [0.15, 0.2) is 42.5 Å². The van der Waals surface area contributed by atoms with Gasteiger partial charge in [-0.25, -0.2) is 0 Å². The van der Waals surface area contributed by atoms with Crippen molar-refractivity contribution in [3.63, 3.8) is 0 Å². The van der Waals surface area contributed by atoms with Crippen molar-refractivity contribution in [2.45, 2.75) is 32.7 Å². The summed E-state index contributed by atoms with van der Waals surface area (Å²) in [5.74, 6) is 0.620. The highest BCUT2D eigenvalue weighted by Crippen LogP contribution is 2.23. The number of hydrogen-bond acceptors (Lipinski definition) is 4. The summed E-state index contributed by atoms with van der Waals surface area (Å²) in [6, 6.07) is 12.2. The molecule has 1 aromatic heterocycles. The van der Waals surface area contributed by atoms with Crippen LogP contribution < -0.4 is 5.32 Å². The zero-order chi connectivity index (χ0) is 19.6. The lowest BCUT2D eigenvalue weighted by Crippen LogP contribution is -2.25. The molecule has 0 aliphatic heterocycles. The van der Waals surface area contributed by atoms with Crippen LogP contribution in [0.4, 0.5) is 5.69 Å². The lowest BCUT2D eigenvalue weighted by molar-refractivity contribution is -0.119. The molecule has 0 aliphatic rings. The molecule has 8 heteroatoms. The number of carbonyl (C=O) groups is 1. The third kappa shape index (κ3) is 4.64. The summed E-state index contributed by atoms with van der Waals surface area (Å²) in [5.41, 5.74) is 2.59. The van der Waals surface area contributed by atoms with Crippen LogP contribution in [0.3, 0.4) is 0 Å². The first-order chi connectivity index (χ1) is 12.8. The van der Waals surface area contributed by atoms with Crippen LogP contribution in [0.25, 0.3) is 11.4 Å². The number of benzene rings is 2. The van der Waals surface area contributed by atoms with Crippen molar-refractivity contribution in [3.05, 3.63) is 58.1 Å². The summed E-state index contributed by atoms with van der Waals surface area (Å²) in [4.78, 5) is 13.8. The van der Waals surface area contributed by atoms with E-state index < -0.39 is 6.04 Å². The lowest BCUT2D eigenvalue weighted by atomic mass is 10.0. The van der Waals surface area contributed by atoms with Crippen molar-refractivity contribution >= 4 is 34.8 Å². The molecular formula is C19H19Cl2N5O. The number of anilines is 1. The van der Waals surface area contributed by atoms with E-state index in [0.717, 1.165) is 5.56 Å². The van der Waals surface area contributed by atoms with Crippen molar-refractivity contribution in [3.8, 4) is 11.4 Å². The van der Waals surface area contributed by atoms with Crippen LogP contribution in [0, 0.1) is 0 Å². The van der Waals surface area contributed by atoms with Crippen molar-refractivity contribution in [1.29, 1.82) is 0 Å². The lowest BCUT2D eigenvalue weighted by Gasteiger charge is -2.11. The van der Waals surface area contributed by atoms with Gasteiger partial charge in [-0.2, -0.15) is 4.80 Å². The molecule has 1 heterocycles. The van der Waals surface area contributed by atoms with Crippen LogP contribution >= 0.6 is 23.2 Å².